The van der Waals surface area contributed by atoms with Gasteiger partial charge in [0, 0.05) is 17.8 Å². The average Bonchev–Trinajstić information content (AvgIpc) is 2.90. The molecule has 0 fully saturated rings. The largest absolute Gasteiger partial charge is 0.497 e. The van der Waals surface area contributed by atoms with Crippen LogP contribution in [0.15, 0.2) is 54.7 Å². The summed E-state index contributed by atoms with van der Waals surface area (Å²) in [6.45, 7) is 0. The number of carbonyl (C=O) groups excluding carboxylic acids is 1. The molecule has 0 aliphatic rings. The van der Waals surface area contributed by atoms with Gasteiger partial charge in [0.05, 0.1) is 18.3 Å². The Morgan fingerprint density at radius 2 is 1.95 bits per heavy atom. The first-order valence-corrected chi connectivity index (χ1v) is 6.24. The highest BCUT2D eigenvalue weighted by atomic mass is 16.5. The first-order chi connectivity index (χ1) is 9.69. The minimum Gasteiger partial charge on any atom is -0.497 e. The van der Waals surface area contributed by atoms with Crippen molar-refractivity contribution in [3.63, 3.8) is 0 Å². The van der Waals surface area contributed by atoms with E-state index >= 15 is 0 Å². The van der Waals surface area contributed by atoms with Crippen LogP contribution in [0.3, 0.4) is 0 Å². The van der Waals surface area contributed by atoms with E-state index in [1.54, 1.807) is 19.2 Å². The summed E-state index contributed by atoms with van der Waals surface area (Å²) in [5.74, 6) is 0.135. The minimum atomic E-state index is -0.471. The number of methoxy groups -OCH3 is 1. The number of hydrogen-bond acceptors (Lipinski definition) is 2. The van der Waals surface area contributed by atoms with Crippen LogP contribution in [0.25, 0.3) is 16.6 Å². The van der Waals surface area contributed by atoms with Gasteiger partial charge in [-0.1, -0.05) is 18.2 Å². The summed E-state index contributed by atoms with van der Waals surface area (Å²) in [5, 5.41) is 1.14. The first kappa shape index (κ1) is 12.3. The Labute approximate surface area is 116 Å². The van der Waals surface area contributed by atoms with Gasteiger partial charge >= 0.3 is 0 Å². The van der Waals surface area contributed by atoms with Gasteiger partial charge in [0.25, 0.3) is 0 Å². The molecule has 3 aromatic rings. The lowest BCUT2D eigenvalue weighted by Gasteiger charge is -2.10. The summed E-state index contributed by atoms with van der Waals surface area (Å²) < 4.78 is 7.24. The Balaban J connectivity index is 2.23. The smallest absolute Gasteiger partial charge is 0.248 e. The fourth-order valence-electron chi connectivity index (χ4n) is 2.29. The lowest BCUT2D eigenvalue weighted by molar-refractivity contribution is 0.1000. The van der Waals surface area contributed by atoms with Gasteiger partial charge in [0.1, 0.15) is 5.75 Å². The highest BCUT2D eigenvalue weighted by molar-refractivity contribution is 5.94. The third kappa shape index (κ3) is 2.01. The number of primary amides is 1. The van der Waals surface area contributed by atoms with Crippen molar-refractivity contribution < 1.29 is 9.53 Å². The molecule has 1 heterocycles. The number of aromatic nitrogens is 1. The van der Waals surface area contributed by atoms with Crippen molar-refractivity contribution in [2.75, 3.05) is 7.11 Å². The molecule has 0 radical (unpaired) electrons. The number of amides is 1. The van der Waals surface area contributed by atoms with Crippen LogP contribution in [0.4, 0.5) is 0 Å². The van der Waals surface area contributed by atoms with Crippen LogP contribution in [0.1, 0.15) is 10.4 Å². The zero-order valence-corrected chi connectivity index (χ0v) is 11.0. The molecule has 3 rings (SSSR count). The number of nitrogens with two attached hydrogens (primary N) is 1. The summed E-state index contributed by atoms with van der Waals surface area (Å²) >= 11 is 0. The van der Waals surface area contributed by atoms with Crippen LogP contribution in [-0.2, 0) is 0 Å². The highest BCUT2D eigenvalue weighted by Gasteiger charge is 2.09. The Bertz CT molecular complexity index is 790. The van der Waals surface area contributed by atoms with Crippen molar-refractivity contribution in [1.29, 1.82) is 0 Å². The number of benzene rings is 2. The standard InChI is InChI=1S/C16H14N2O2/c1-20-14-9-12(16(17)19)8-13(10-14)18-7-6-11-4-2-3-5-15(11)18/h2-10H,1H3,(H2,17,19). The van der Waals surface area contributed by atoms with Gasteiger partial charge in [-0.25, -0.2) is 0 Å². The molecule has 100 valence electrons. The summed E-state index contributed by atoms with van der Waals surface area (Å²) in [5.41, 5.74) is 7.71. The number of nitrogens with zero attached hydrogens (tertiary/aromatic N) is 1. The molecule has 0 spiro atoms. The van der Waals surface area contributed by atoms with Crippen molar-refractivity contribution >= 4 is 16.8 Å². The van der Waals surface area contributed by atoms with E-state index in [2.05, 4.69) is 0 Å². The van der Waals surface area contributed by atoms with E-state index in [0.29, 0.717) is 11.3 Å². The van der Waals surface area contributed by atoms with Crippen LogP contribution in [0.2, 0.25) is 0 Å². The second-order valence-corrected chi connectivity index (χ2v) is 4.53. The summed E-state index contributed by atoms with van der Waals surface area (Å²) in [6, 6.07) is 15.3. The first-order valence-electron chi connectivity index (χ1n) is 6.24. The third-order valence-electron chi connectivity index (χ3n) is 3.29. The van der Waals surface area contributed by atoms with E-state index in [-0.39, 0.29) is 0 Å². The van der Waals surface area contributed by atoms with E-state index < -0.39 is 5.91 Å². The normalized spacial score (nSPS) is 10.7. The van der Waals surface area contributed by atoms with Crippen LogP contribution in [0, 0.1) is 0 Å². The van der Waals surface area contributed by atoms with E-state index in [1.165, 1.54) is 0 Å². The molecule has 0 aliphatic carbocycles. The van der Waals surface area contributed by atoms with Crippen molar-refractivity contribution in [3.8, 4) is 11.4 Å². The van der Waals surface area contributed by atoms with Gasteiger partial charge in [-0.2, -0.15) is 0 Å². The fourth-order valence-corrected chi connectivity index (χ4v) is 2.29. The molecular weight excluding hydrogens is 252 g/mol. The predicted octanol–water partition coefficient (Wildman–Crippen LogP) is 2.74. The molecular formula is C16H14N2O2. The molecule has 4 heteroatoms. The molecule has 1 aromatic heterocycles. The molecule has 20 heavy (non-hydrogen) atoms. The molecule has 0 atom stereocenters. The van der Waals surface area contributed by atoms with E-state index in [1.807, 2.05) is 47.2 Å². The molecule has 4 nitrogen and oxygen atoms in total. The minimum absolute atomic E-state index is 0.428. The second kappa shape index (κ2) is 4.74. The Hall–Kier alpha value is -2.75. The SMILES string of the molecule is COc1cc(C(N)=O)cc(-n2ccc3ccccc32)c1. The quantitative estimate of drug-likeness (QED) is 0.792. The Morgan fingerprint density at radius 3 is 2.70 bits per heavy atom. The lowest BCUT2D eigenvalue weighted by atomic mass is 10.1. The molecule has 0 bridgehead atoms. The molecule has 0 saturated heterocycles. The average molecular weight is 266 g/mol. The van der Waals surface area contributed by atoms with Crippen LogP contribution in [-0.4, -0.2) is 17.6 Å². The summed E-state index contributed by atoms with van der Waals surface area (Å²) in [4.78, 5) is 11.4. The van der Waals surface area contributed by atoms with Crippen LogP contribution in [0.5, 0.6) is 5.75 Å². The van der Waals surface area contributed by atoms with Gasteiger partial charge < -0.3 is 15.0 Å². The second-order valence-electron chi connectivity index (χ2n) is 4.53. The highest BCUT2D eigenvalue weighted by Crippen LogP contribution is 2.24. The van der Waals surface area contributed by atoms with Crippen LogP contribution >= 0.6 is 0 Å². The van der Waals surface area contributed by atoms with Gasteiger partial charge in [-0.15, -0.1) is 0 Å². The number of fused-ring (bicyclic) bond motifs is 1. The maximum absolute atomic E-state index is 11.4. The van der Waals surface area contributed by atoms with Crippen molar-refractivity contribution in [2.24, 2.45) is 5.73 Å². The molecule has 1 amide bonds. The van der Waals surface area contributed by atoms with Crippen molar-refractivity contribution in [2.45, 2.75) is 0 Å². The topological polar surface area (TPSA) is 57.2 Å². The lowest BCUT2D eigenvalue weighted by Crippen LogP contribution is -2.11. The Morgan fingerprint density at radius 1 is 1.15 bits per heavy atom. The Kier molecular flexibility index (Phi) is 2.91. The monoisotopic (exact) mass is 266 g/mol. The predicted molar refractivity (Wildman–Crippen MR) is 78.3 cm³/mol. The maximum Gasteiger partial charge on any atom is 0.248 e. The zero-order valence-electron chi connectivity index (χ0n) is 11.0. The molecule has 0 saturated carbocycles. The summed E-state index contributed by atoms with van der Waals surface area (Å²) in [7, 11) is 1.57. The summed E-state index contributed by atoms with van der Waals surface area (Å²) in [6.07, 6.45) is 1.96. The van der Waals surface area contributed by atoms with Gasteiger partial charge in [-0.05, 0) is 29.7 Å². The van der Waals surface area contributed by atoms with Crippen molar-refractivity contribution in [1.82, 2.24) is 4.57 Å². The fraction of sp³-hybridized carbons (Fsp3) is 0.0625. The van der Waals surface area contributed by atoms with Crippen molar-refractivity contribution in [3.05, 3.63) is 60.3 Å². The van der Waals surface area contributed by atoms with E-state index in [4.69, 9.17) is 10.5 Å². The van der Waals surface area contributed by atoms with Crippen LogP contribution < -0.4 is 10.5 Å². The molecule has 0 aliphatic heterocycles. The maximum atomic E-state index is 11.4. The number of para-hydroxylation sites is 1. The molecule has 0 unspecified atom stereocenters. The molecule has 2 N–H and O–H groups in total. The number of ether oxygens (including phenoxy) is 1. The number of rotatable bonds is 3. The number of hydrogen-bond donors (Lipinski definition) is 1. The van der Waals surface area contributed by atoms with Gasteiger partial charge in [0.15, 0.2) is 0 Å². The van der Waals surface area contributed by atoms with E-state index in [9.17, 15) is 4.79 Å². The third-order valence-corrected chi connectivity index (χ3v) is 3.29. The molecule has 2 aromatic carbocycles. The van der Waals surface area contributed by atoms with E-state index in [0.717, 1.165) is 16.6 Å². The van der Waals surface area contributed by atoms with Gasteiger partial charge in [-0.3, -0.25) is 4.79 Å². The number of carbonyl (C=O) groups is 1. The van der Waals surface area contributed by atoms with Gasteiger partial charge in [0.2, 0.25) is 5.91 Å². The zero-order chi connectivity index (χ0) is 14.1.